The lowest BCUT2D eigenvalue weighted by atomic mass is 10.1. The molecule has 1 aromatic carbocycles. The number of hydrogen-bond donors (Lipinski definition) is 1. The van der Waals surface area contributed by atoms with E-state index in [0.29, 0.717) is 18.4 Å². The molecule has 3 nitrogen and oxygen atoms in total. The molecule has 19 heavy (non-hydrogen) atoms. The Bertz CT molecular complexity index is 419. The predicted molar refractivity (Wildman–Crippen MR) is 80.5 cm³/mol. The molecule has 0 saturated carbocycles. The highest BCUT2D eigenvalue weighted by Gasteiger charge is 2.05. The first-order valence-corrected chi connectivity index (χ1v) is 7.62. The summed E-state index contributed by atoms with van der Waals surface area (Å²) >= 11 is 1.52. The summed E-state index contributed by atoms with van der Waals surface area (Å²) < 4.78 is 4.91. The van der Waals surface area contributed by atoms with Gasteiger partial charge in [-0.05, 0) is 37.1 Å². The van der Waals surface area contributed by atoms with Crippen LogP contribution in [0.5, 0.6) is 0 Å². The SMILES string of the molecule is CCOC(=O)CSc1ccc(CNC(C)C)c(C)c1. The average molecular weight is 281 g/mol. The summed E-state index contributed by atoms with van der Waals surface area (Å²) in [5, 5.41) is 3.41. The third kappa shape index (κ3) is 6.12. The van der Waals surface area contributed by atoms with Crippen molar-refractivity contribution < 1.29 is 9.53 Å². The fourth-order valence-corrected chi connectivity index (χ4v) is 2.41. The van der Waals surface area contributed by atoms with Gasteiger partial charge in [0.1, 0.15) is 0 Å². The monoisotopic (exact) mass is 281 g/mol. The fourth-order valence-electron chi connectivity index (χ4n) is 1.62. The number of hydrogen-bond acceptors (Lipinski definition) is 4. The molecule has 0 amide bonds. The van der Waals surface area contributed by atoms with Gasteiger partial charge in [0.2, 0.25) is 0 Å². The molecule has 1 rings (SSSR count). The van der Waals surface area contributed by atoms with Crippen LogP contribution in [0.1, 0.15) is 31.9 Å². The Kier molecular flexibility index (Phi) is 6.95. The largest absolute Gasteiger partial charge is 0.465 e. The van der Waals surface area contributed by atoms with Crippen LogP contribution in [0.15, 0.2) is 23.1 Å². The molecule has 0 aliphatic carbocycles. The normalized spacial score (nSPS) is 10.8. The van der Waals surface area contributed by atoms with Gasteiger partial charge in [0.05, 0.1) is 12.4 Å². The highest BCUT2D eigenvalue weighted by Crippen LogP contribution is 2.21. The van der Waals surface area contributed by atoms with Crippen LogP contribution < -0.4 is 5.32 Å². The zero-order valence-electron chi connectivity index (χ0n) is 12.2. The molecule has 106 valence electrons. The Morgan fingerprint density at radius 3 is 2.74 bits per heavy atom. The van der Waals surface area contributed by atoms with E-state index in [-0.39, 0.29) is 5.97 Å². The first-order chi connectivity index (χ1) is 9.02. The van der Waals surface area contributed by atoms with Gasteiger partial charge in [-0.2, -0.15) is 0 Å². The molecule has 0 heterocycles. The third-order valence-corrected chi connectivity index (χ3v) is 3.64. The molecule has 0 unspecified atom stereocenters. The number of esters is 1. The lowest BCUT2D eigenvalue weighted by Gasteiger charge is -2.11. The van der Waals surface area contributed by atoms with E-state index in [4.69, 9.17) is 4.74 Å². The standard InChI is InChI=1S/C15H23NO2S/c1-5-18-15(17)10-19-14-7-6-13(12(4)8-14)9-16-11(2)3/h6-8,11,16H,5,9-10H2,1-4H3. The van der Waals surface area contributed by atoms with Crippen LogP contribution in [0, 0.1) is 6.92 Å². The minimum Gasteiger partial charge on any atom is -0.465 e. The summed E-state index contributed by atoms with van der Waals surface area (Å²) in [6, 6.07) is 6.80. The lowest BCUT2D eigenvalue weighted by molar-refractivity contribution is -0.139. The van der Waals surface area contributed by atoms with Gasteiger partial charge < -0.3 is 10.1 Å². The molecule has 0 radical (unpaired) electrons. The minimum atomic E-state index is -0.157. The van der Waals surface area contributed by atoms with Gasteiger partial charge in [-0.15, -0.1) is 11.8 Å². The van der Waals surface area contributed by atoms with Crippen LogP contribution in [-0.4, -0.2) is 24.4 Å². The summed E-state index contributed by atoms with van der Waals surface area (Å²) in [5.74, 6) is 0.215. The van der Waals surface area contributed by atoms with E-state index in [1.54, 1.807) is 0 Å². The van der Waals surface area contributed by atoms with E-state index >= 15 is 0 Å². The molecule has 0 atom stereocenters. The van der Waals surface area contributed by atoms with Crippen molar-refractivity contribution in [3.63, 3.8) is 0 Å². The smallest absolute Gasteiger partial charge is 0.316 e. The van der Waals surface area contributed by atoms with Crippen molar-refractivity contribution >= 4 is 17.7 Å². The van der Waals surface area contributed by atoms with Crippen molar-refractivity contribution in [1.29, 1.82) is 0 Å². The number of ether oxygens (including phenoxy) is 1. The Labute approximate surface area is 120 Å². The van der Waals surface area contributed by atoms with Gasteiger partial charge in [-0.1, -0.05) is 19.9 Å². The Morgan fingerprint density at radius 2 is 2.16 bits per heavy atom. The quantitative estimate of drug-likeness (QED) is 0.615. The predicted octanol–water partition coefficient (Wildman–Crippen LogP) is 3.15. The van der Waals surface area contributed by atoms with E-state index in [0.717, 1.165) is 11.4 Å². The van der Waals surface area contributed by atoms with E-state index < -0.39 is 0 Å². The first-order valence-electron chi connectivity index (χ1n) is 6.64. The maximum absolute atomic E-state index is 11.3. The lowest BCUT2D eigenvalue weighted by Crippen LogP contribution is -2.22. The minimum absolute atomic E-state index is 0.157. The topological polar surface area (TPSA) is 38.3 Å². The van der Waals surface area contributed by atoms with E-state index in [1.807, 2.05) is 6.92 Å². The number of benzene rings is 1. The maximum atomic E-state index is 11.3. The number of thioether (sulfide) groups is 1. The molecule has 4 heteroatoms. The third-order valence-electron chi connectivity index (χ3n) is 2.68. The summed E-state index contributed by atoms with van der Waals surface area (Å²) in [7, 11) is 0. The second kappa shape index (κ2) is 8.23. The number of rotatable bonds is 7. The van der Waals surface area contributed by atoms with Crippen LogP contribution in [-0.2, 0) is 16.1 Å². The summed E-state index contributed by atoms with van der Waals surface area (Å²) in [6.45, 7) is 9.53. The van der Waals surface area contributed by atoms with E-state index in [1.165, 1.54) is 22.9 Å². The molecular weight excluding hydrogens is 258 g/mol. The molecule has 0 aromatic heterocycles. The Morgan fingerprint density at radius 1 is 1.42 bits per heavy atom. The number of carbonyl (C=O) groups excluding carboxylic acids is 1. The number of aryl methyl sites for hydroxylation is 1. The van der Waals surface area contributed by atoms with Gasteiger partial charge in [-0.3, -0.25) is 4.79 Å². The zero-order chi connectivity index (χ0) is 14.3. The van der Waals surface area contributed by atoms with Gasteiger partial charge in [0, 0.05) is 17.5 Å². The summed E-state index contributed by atoms with van der Waals surface area (Å²) in [4.78, 5) is 12.4. The Hall–Kier alpha value is -1.00. The van der Waals surface area contributed by atoms with Crippen molar-refractivity contribution in [3.8, 4) is 0 Å². The van der Waals surface area contributed by atoms with Crippen LogP contribution in [0.25, 0.3) is 0 Å². The van der Waals surface area contributed by atoms with Crippen molar-refractivity contribution in [1.82, 2.24) is 5.32 Å². The second-order valence-corrected chi connectivity index (χ2v) is 5.77. The van der Waals surface area contributed by atoms with Crippen molar-refractivity contribution in [2.45, 2.75) is 45.2 Å². The van der Waals surface area contributed by atoms with Gasteiger partial charge >= 0.3 is 5.97 Å². The fraction of sp³-hybridized carbons (Fsp3) is 0.533. The van der Waals surface area contributed by atoms with Crippen molar-refractivity contribution in [2.75, 3.05) is 12.4 Å². The number of nitrogens with one attached hydrogen (secondary N) is 1. The molecule has 0 bridgehead atoms. The molecular formula is C15H23NO2S. The average Bonchev–Trinajstić information content (AvgIpc) is 2.35. The highest BCUT2D eigenvalue weighted by atomic mass is 32.2. The molecule has 0 aliphatic rings. The molecule has 0 saturated heterocycles. The van der Waals surface area contributed by atoms with Crippen LogP contribution >= 0.6 is 11.8 Å². The van der Waals surface area contributed by atoms with Gasteiger partial charge in [0.25, 0.3) is 0 Å². The van der Waals surface area contributed by atoms with Gasteiger partial charge in [-0.25, -0.2) is 0 Å². The van der Waals surface area contributed by atoms with Crippen LogP contribution in [0.4, 0.5) is 0 Å². The molecule has 0 aliphatic heterocycles. The maximum Gasteiger partial charge on any atom is 0.316 e. The van der Waals surface area contributed by atoms with Crippen LogP contribution in [0.3, 0.4) is 0 Å². The Balaban J connectivity index is 2.54. The highest BCUT2D eigenvalue weighted by molar-refractivity contribution is 8.00. The molecule has 0 fully saturated rings. The molecule has 1 aromatic rings. The molecule has 1 N–H and O–H groups in total. The summed E-state index contributed by atoms with van der Waals surface area (Å²) in [5.41, 5.74) is 2.55. The number of carbonyl (C=O) groups is 1. The summed E-state index contributed by atoms with van der Waals surface area (Å²) in [6.07, 6.45) is 0. The second-order valence-electron chi connectivity index (χ2n) is 4.72. The van der Waals surface area contributed by atoms with Crippen LogP contribution in [0.2, 0.25) is 0 Å². The van der Waals surface area contributed by atoms with Crippen molar-refractivity contribution in [3.05, 3.63) is 29.3 Å². The first kappa shape index (κ1) is 16.1. The van der Waals surface area contributed by atoms with Crippen molar-refractivity contribution in [2.24, 2.45) is 0 Å². The van der Waals surface area contributed by atoms with E-state index in [9.17, 15) is 4.79 Å². The zero-order valence-corrected chi connectivity index (χ0v) is 13.0. The van der Waals surface area contributed by atoms with Gasteiger partial charge in [0.15, 0.2) is 0 Å². The van der Waals surface area contributed by atoms with E-state index in [2.05, 4.69) is 44.3 Å². The molecule has 0 spiro atoms.